The van der Waals surface area contributed by atoms with E-state index in [-0.39, 0.29) is 11.6 Å². The summed E-state index contributed by atoms with van der Waals surface area (Å²) in [5.74, 6) is 1.70. The molecule has 4 heteroatoms. The molecule has 0 radical (unpaired) electrons. The van der Waals surface area contributed by atoms with Gasteiger partial charge in [-0.15, -0.1) is 0 Å². The number of nitrogens with one attached hydrogen (secondary N) is 1. The van der Waals surface area contributed by atoms with E-state index < -0.39 is 0 Å². The fourth-order valence-electron chi connectivity index (χ4n) is 3.64. The molecule has 1 fully saturated rings. The van der Waals surface area contributed by atoms with Crippen LogP contribution in [0, 0.1) is 0 Å². The molecular formula is C17H25NO3. The maximum Gasteiger partial charge on any atom is 0.161 e. The summed E-state index contributed by atoms with van der Waals surface area (Å²) >= 11 is 0. The zero-order valence-electron chi connectivity index (χ0n) is 13.0. The van der Waals surface area contributed by atoms with Crippen LogP contribution in [0.4, 0.5) is 0 Å². The second-order valence-electron chi connectivity index (χ2n) is 5.87. The fourth-order valence-corrected chi connectivity index (χ4v) is 3.64. The van der Waals surface area contributed by atoms with E-state index in [1.807, 2.05) is 13.2 Å². The molecule has 1 N–H and O–H groups in total. The topological polar surface area (TPSA) is 39.7 Å². The van der Waals surface area contributed by atoms with Gasteiger partial charge in [0, 0.05) is 7.11 Å². The van der Waals surface area contributed by atoms with E-state index in [0.29, 0.717) is 13.2 Å². The van der Waals surface area contributed by atoms with Crippen molar-refractivity contribution in [2.75, 3.05) is 26.9 Å². The summed E-state index contributed by atoms with van der Waals surface area (Å²) in [5.41, 5.74) is 1.13. The van der Waals surface area contributed by atoms with Crippen LogP contribution in [0.25, 0.3) is 0 Å². The zero-order chi connectivity index (χ0) is 14.7. The van der Waals surface area contributed by atoms with Crippen LogP contribution in [-0.4, -0.2) is 32.5 Å². The van der Waals surface area contributed by atoms with Gasteiger partial charge in [-0.1, -0.05) is 25.8 Å². The van der Waals surface area contributed by atoms with E-state index in [1.54, 1.807) is 0 Å². The summed E-state index contributed by atoms with van der Waals surface area (Å²) in [6.45, 7) is 4.32. The second-order valence-corrected chi connectivity index (χ2v) is 5.87. The highest BCUT2D eigenvalue weighted by molar-refractivity contribution is 5.45. The molecule has 1 unspecified atom stereocenters. The highest BCUT2D eigenvalue weighted by atomic mass is 16.6. The van der Waals surface area contributed by atoms with Gasteiger partial charge in [-0.05, 0) is 37.1 Å². The third-order valence-corrected chi connectivity index (χ3v) is 4.69. The molecule has 2 aliphatic rings. The number of likely N-dealkylation sites (N-methyl/N-ethyl adjacent to an activating group) is 1. The quantitative estimate of drug-likeness (QED) is 0.905. The molecule has 21 heavy (non-hydrogen) atoms. The third kappa shape index (κ3) is 2.74. The first kappa shape index (κ1) is 14.7. The molecule has 116 valence electrons. The Bertz CT molecular complexity index is 483. The fraction of sp³-hybridized carbons (Fsp3) is 0.647. The van der Waals surface area contributed by atoms with E-state index in [4.69, 9.17) is 14.2 Å². The van der Waals surface area contributed by atoms with E-state index in [2.05, 4.69) is 24.4 Å². The van der Waals surface area contributed by atoms with Gasteiger partial charge >= 0.3 is 0 Å². The Morgan fingerprint density at radius 1 is 1.19 bits per heavy atom. The van der Waals surface area contributed by atoms with Gasteiger partial charge in [0.25, 0.3) is 0 Å². The number of ether oxygens (including phenoxy) is 3. The minimum atomic E-state index is -0.0974. The molecule has 1 heterocycles. The van der Waals surface area contributed by atoms with Gasteiger partial charge in [-0.3, -0.25) is 0 Å². The Kier molecular flexibility index (Phi) is 4.36. The first-order chi connectivity index (χ1) is 10.3. The normalized spacial score (nSPS) is 21.2. The van der Waals surface area contributed by atoms with Crippen LogP contribution < -0.4 is 14.8 Å². The Labute approximate surface area is 126 Å². The lowest BCUT2D eigenvalue weighted by molar-refractivity contribution is -0.0365. The molecule has 1 aromatic carbocycles. The molecule has 1 aromatic rings. The zero-order valence-corrected chi connectivity index (χ0v) is 13.0. The number of methoxy groups -OCH3 is 1. The van der Waals surface area contributed by atoms with Gasteiger partial charge in [0.05, 0.1) is 11.6 Å². The van der Waals surface area contributed by atoms with Crippen molar-refractivity contribution in [3.05, 3.63) is 23.8 Å². The van der Waals surface area contributed by atoms with Crippen molar-refractivity contribution < 1.29 is 14.2 Å². The molecule has 4 nitrogen and oxygen atoms in total. The number of benzene rings is 1. The predicted molar refractivity (Wildman–Crippen MR) is 82.1 cm³/mol. The molecule has 0 amide bonds. The SMILES string of the molecule is CCNC(c1ccc2c(c1)OCCO2)C1(OC)CCCC1. The number of rotatable bonds is 5. The highest BCUT2D eigenvalue weighted by Crippen LogP contribution is 2.44. The number of fused-ring (bicyclic) bond motifs is 1. The molecule has 1 atom stereocenters. The van der Waals surface area contributed by atoms with Crippen LogP contribution >= 0.6 is 0 Å². The van der Waals surface area contributed by atoms with Gasteiger partial charge in [0.1, 0.15) is 13.2 Å². The largest absolute Gasteiger partial charge is 0.486 e. The molecule has 0 aromatic heterocycles. The van der Waals surface area contributed by atoms with Crippen LogP contribution in [-0.2, 0) is 4.74 Å². The minimum absolute atomic E-state index is 0.0974. The van der Waals surface area contributed by atoms with Crippen LogP contribution in [0.15, 0.2) is 18.2 Å². The van der Waals surface area contributed by atoms with Crippen molar-refractivity contribution in [1.82, 2.24) is 5.32 Å². The Balaban J connectivity index is 1.93. The monoisotopic (exact) mass is 291 g/mol. The van der Waals surface area contributed by atoms with Crippen LogP contribution in [0.2, 0.25) is 0 Å². The third-order valence-electron chi connectivity index (χ3n) is 4.69. The summed E-state index contributed by atoms with van der Waals surface area (Å²) < 4.78 is 17.3. The molecular weight excluding hydrogens is 266 g/mol. The average Bonchev–Trinajstić information content (AvgIpc) is 3.02. The van der Waals surface area contributed by atoms with Gasteiger partial charge in [-0.2, -0.15) is 0 Å². The molecule has 0 saturated heterocycles. The Morgan fingerprint density at radius 2 is 1.90 bits per heavy atom. The first-order valence-corrected chi connectivity index (χ1v) is 7.97. The summed E-state index contributed by atoms with van der Waals surface area (Å²) in [6.07, 6.45) is 4.69. The average molecular weight is 291 g/mol. The maximum absolute atomic E-state index is 5.98. The minimum Gasteiger partial charge on any atom is -0.486 e. The molecule has 1 aliphatic carbocycles. The number of hydrogen-bond acceptors (Lipinski definition) is 4. The van der Waals surface area contributed by atoms with Gasteiger partial charge in [0.15, 0.2) is 11.5 Å². The van der Waals surface area contributed by atoms with Gasteiger partial charge < -0.3 is 19.5 Å². The van der Waals surface area contributed by atoms with E-state index >= 15 is 0 Å². The van der Waals surface area contributed by atoms with Crippen LogP contribution in [0.1, 0.15) is 44.2 Å². The molecule has 0 spiro atoms. The maximum atomic E-state index is 5.98. The van der Waals surface area contributed by atoms with Crippen molar-refractivity contribution in [3.63, 3.8) is 0 Å². The van der Waals surface area contributed by atoms with Gasteiger partial charge in [0.2, 0.25) is 0 Å². The molecule has 0 bridgehead atoms. The van der Waals surface area contributed by atoms with Crippen molar-refractivity contribution >= 4 is 0 Å². The van der Waals surface area contributed by atoms with E-state index in [1.165, 1.54) is 18.4 Å². The predicted octanol–water partition coefficient (Wildman–Crippen LogP) is 3.07. The van der Waals surface area contributed by atoms with Crippen LogP contribution in [0.5, 0.6) is 11.5 Å². The molecule has 1 saturated carbocycles. The van der Waals surface area contributed by atoms with Crippen molar-refractivity contribution in [2.45, 2.75) is 44.2 Å². The lowest BCUT2D eigenvalue weighted by atomic mass is 9.86. The second kappa shape index (κ2) is 6.24. The van der Waals surface area contributed by atoms with E-state index in [9.17, 15) is 0 Å². The standard InChI is InChI=1S/C17H25NO3/c1-3-18-16(17(19-2)8-4-5-9-17)13-6-7-14-15(12-13)21-11-10-20-14/h6-7,12,16,18H,3-5,8-11H2,1-2H3. The van der Waals surface area contributed by atoms with Gasteiger partial charge in [-0.25, -0.2) is 0 Å². The van der Waals surface area contributed by atoms with Crippen molar-refractivity contribution in [2.24, 2.45) is 0 Å². The summed E-state index contributed by atoms with van der Waals surface area (Å²) in [5, 5.41) is 3.62. The molecule has 3 rings (SSSR count). The lowest BCUT2D eigenvalue weighted by Gasteiger charge is -2.37. The van der Waals surface area contributed by atoms with Crippen LogP contribution in [0.3, 0.4) is 0 Å². The lowest BCUT2D eigenvalue weighted by Crippen LogP contribution is -2.43. The highest BCUT2D eigenvalue weighted by Gasteiger charge is 2.42. The smallest absolute Gasteiger partial charge is 0.161 e. The Hall–Kier alpha value is -1.26. The Morgan fingerprint density at radius 3 is 2.57 bits per heavy atom. The summed E-state index contributed by atoms with van der Waals surface area (Å²) in [6, 6.07) is 6.47. The summed E-state index contributed by atoms with van der Waals surface area (Å²) in [7, 11) is 1.84. The number of hydrogen-bond donors (Lipinski definition) is 1. The summed E-state index contributed by atoms with van der Waals surface area (Å²) in [4.78, 5) is 0. The van der Waals surface area contributed by atoms with E-state index in [0.717, 1.165) is 30.9 Å². The van der Waals surface area contributed by atoms with Crippen molar-refractivity contribution in [3.8, 4) is 11.5 Å². The first-order valence-electron chi connectivity index (χ1n) is 7.97. The molecule has 1 aliphatic heterocycles. The van der Waals surface area contributed by atoms with Crippen molar-refractivity contribution in [1.29, 1.82) is 0 Å².